The maximum Gasteiger partial charge on any atom is 0.490 e. The molecule has 2 aromatic rings. The van der Waals surface area contributed by atoms with Gasteiger partial charge < -0.3 is 101 Å². The molecule has 0 saturated heterocycles. The number of aliphatic carboxylic acids is 1. The molecule has 91 heavy (non-hydrogen) atoms. The van der Waals surface area contributed by atoms with Crippen molar-refractivity contribution in [2.24, 2.45) is 39.9 Å². The van der Waals surface area contributed by atoms with Gasteiger partial charge >= 0.3 is 24.2 Å². The first-order chi connectivity index (χ1) is 42.5. The van der Waals surface area contributed by atoms with Crippen LogP contribution in [0.5, 0.6) is 0 Å². The van der Waals surface area contributed by atoms with Crippen LogP contribution in [0.2, 0.25) is 0 Å². The number of halogens is 3. The van der Waals surface area contributed by atoms with Gasteiger partial charge in [0.2, 0.25) is 53.2 Å². The molecule has 2 aromatic carbocycles. The summed E-state index contributed by atoms with van der Waals surface area (Å²) < 4.78 is 47.1. The molecule has 32 nitrogen and oxygen atoms in total. The van der Waals surface area contributed by atoms with E-state index in [4.69, 9.17) is 27.7 Å². The summed E-state index contributed by atoms with van der Waals surface area (Å²) in [7, 11) is 0. The van der Waals surface area contributed by atoms with Crippen molar-refractivity contribution < 1.29 is 101 Å². The zero-order valence-electron chi connectivity index (χ0n) is 51.0. The highest BCUT2D eigenvalue weighted by Gasteiger charge is 2.43. The number of ether oxygens (including phenoxy) is 2. The predicted octanol–water partition coefficient (Wildman–Crippen LogP) is -3.80. The summed E-state index contributed by atoms with van der Waals surface area (Å²) in [5.74, 6) is -18.3. The number of esters is 1. The number of aliphatic hydroxyl groups is 3. The lowest BCUT2D eigenvalue weighted by molar-refractivity contribution is -0.200. The molecule has 2 rings (SSSR count). The molecule has 10 amide bonds. The number of alkyl halides is 3. The van der Waals surface area contributed by atoms with Crippen molar-refractivity contribution in [3.05, 3.63) is 65.7 Å². The zero-order valence-corrected chi connectivity index (χ0v) is 51.0. The summed E-state index contributed by atoms with van der Waals surface area (Å²) in [6, 6.07) is 0.419. The number of nitrogen functional groups attached to an aromatic ring is 1. The molecule has 0 aromatic heterocycles. The lowest BCUT2D eigenvalue weighted by atomic mass is 9.96. The van der Waals surface area contributed by atoms with Gasteiger partial charge in [-0.05, 0) is 67.2 Å². The maximum absolute atomic E-state index is 14.5. The highest BCUT2D eigenvalue weighted by Crippen LogP contribution is 2.18. The minimum Gasteiger partial charge on any atom is -0.480 e. The number of guanidine groups is 1. The zero-order chi connectivity index (χ0) is 69.0. The first-order valence-corrected chi connectivity index (χ1v) is 28.5. The van der Waals surface area contributed by atoms with Gasteiger partial charge in [0.25, 0.3) is 0 Å². The normalized spacial score (nSPS) is 15.2. The Hall–Kier alpha value is -9.38. The molecule has 0 radical (unpaired) electrons. The molecule has 0 aliphatic rings. The average molecular weight is 1300 g/mol. The number of aliphatic imine (C=N–C) groups is 1. The largest absolute Gasteiger partial charge is 0.490 e. The molecule has 0 spiro atoms. The maximum atomic E-state index is 14.5. The van der Waals surface area contributed by atoms with Crippen molar-refractivity contribution >= 4 is 82.8 Å². The lowest BCUT2D eigenvalue weighted by Gasteiger charge is -2.31. The summed E-state index contributed by atoms with van der Waals surface area (Å²) in [5, 5.41) is 62.2. The van der Waals surface area contributed by atoms with E-state index in [1.54, 1.807) is 99.8 Å². The van der Waals surface area contributed by atoms with E-state index in [9.17, 15) is 91.1 Å². The molecule has 0 bridgehead atoms. The smallest absolute Gasteiger partial charge is 0.480 e. The van der Waals surface area contributed by atoms with Crippen molar-refractivity contribution in [1.29, 1.82) is 0 Å². The summed E-state index contributed by atoms with van der Waals surface area (Å²) in [6.45, 7) is 7.66. The fourth-order valence-electron chi connectivity index (χ4n) is 8.26. The fourth-order valence-corrected chi connectivity index (χ4v) is 8.26. The molecule has 0 saturated carbocycles. The molecule has 21 N–H and O–H groups in total. The van der Waals surface area contributed by atoms with Gasteiger partial charge in [-0.2, -0.15) is 13.2 Å². The van der Waals surface area contributed by atoms with E-state index in [1.807, 2.05) is 5.32 Å². The van der Waals surface area contributed by atoms with Crippen LogP contribution in [0.3, 0.4) is 0 Å². The van der Waals surface area contributed by atoms with E-state index in [0.717, 1.165) is 6.92 Å². The highest BCUT2D eigenvalue weighted by atomic mass is 19.4. The Morgan fingerprint density at radius 2 is 1.16 bits per heavy atom. The number of nitrogens with two attached hydrogens (primary N) is 4. The summed E-state index contributed by atoms with van der Waals surface area (Å²) >= 11 is 0. The second kappa shape index (κ2) is 37.6. The number of aliphatic hydroxyl groups excluding tert-OH is 3. The van der Waals surface area contributed by atoms with Gasteiger partial charge in [0.05, 0.1) is 18.8 Å². The lowest BCUT2D eigenvalue weighted by Crippen LogP contribution is -2.63. The Bertz CT molecular complexity index is 2870. The van der Waals surface area contributed by atoms with Gasteiger partial charge in [0.15, 0.2) is 18.1 Å². The number of carboxylic acids is 1. The molecule has 506 valence electrons. The quantitative estimate of drug-likeness (QED) is 0.0101. The number of nitrogens with one attached hydrogen (secondary N) is 9. The van der Waals surface area contributed by atoms with Crippen LogP contribution in [0, 0.1) is 17.8 Å². The Morgan fingerprint density at radius 3 is 1.71 bits per heavy atom. The van der Waals surface area contributed by atoms with Crippen LogP contribution in [-0.4, -0.2) is 190 Å². The average Bonchev–Trinajstić information content (AvgIpc) is 1.38. The molecule has 0 aliphatic carbocycles. The van der Waals surface area contributed by atoms with Crippen LogP contribution in [0.1, 0.15) is 85.3 Å². The van der Waals surface area contributed by atoms with Crippen molar-refractivity contribution in [2.45, 2.75) is 160 Å². The van der Waals surface area contributed by atoms with Gasteiger partial charge in [-0.25, -0.2) is 14.4 Å². The number of carbonyl (C=O) groups is 12. The first-order valence-electron chi connectivity index (χ1n) is 28.5. The second-order valence-corrected chi connectivity index (χ2v) is 21.8. The number of rotatable bonds is 37. The third-order valence-electron chi connectivity index (χ3n) is 13.4. The summed E-state index contributed by atoms with van der Waals surface area (Å²) in [5.41, 5.74) is 23.6. The number of alkyl carbamates (subject to hydrolysis) is 1. The molecule has 0 fully saturated rings. The number of carbonyl (C=O) groups excluding carboxylic acids is 11. The minimum atomic E-state index is -5.57. The molecule has 12 atom stereocenters. The topological polar surface area (TPSA) is 529 Å². The van der Waals surface area contributed by atoms with E-state index >= 15 is 0 Å². The van der Waals surface area contributed by atoms with Crippen molar-refractivity contribution in [2.75, 3.05) is 25.4 Å². The van der Waals surface area contributed by atoms with Crippen LogP contribution >= 0.6 is 0 Å². The van der Waals surface area contributed by atoms with E-state index in [-0.39, 0.29) is 57.1 Å². The van der Waals surface area contributed by atoms with E-state index in [1.165, 1.54) is 6.92 Å². The van der Waals surface area contributed by atoms with Gasteiger partial charge in [-0.15, -0.1) is 0 Å². The number of carboxylic acid groups (broad SMARTS) is 1. The van der Waals surface area contributed by atoms with E-state index in [2.05, 4.69) is 41.6 Å². The Balaban J connectivity index is 2.42. The number of hydrogen-bond acceptors (Lipinski definition) is 19. The first kappa shape index (κ1) is 77.7. The SMILES string of the molecule is CC[C@H](C)[C@H](NC(=O)[C@@H](CCCN=C(N)N)NC(=O)[C@H](CC(C)C)NC(=O)[C@@H](NC(=O)[C@H](Cc1cccc(N)c1)NC(=O)OCc1ccccc1)C(O)C(C)C)C(=O)N[C@H](C(=O)NCC(=O)N[C@H](C(=O)N[C@@H](COC(=O)C(F)(F)F)C(=O)O)C(O)C(N)=O)[C@H](C)O. The minimum absolute atomic E-state index is 0.0209. The van der Waals surface area contributed by atoms with Crippen LogP contribution in [0.15, 0.2) is 59.6 Å². The number of nitrogens with zero attached hydrogens (tertiary/aromatic N) is 1. The van der Waals surface area contributed by atoms with E-state index < -0.39 is 169 Å². The predicted molar refractivity (Wildman–Crippen MR) is 316 cm³/mol. The third-order valence-corrected chi connectivity index (χ3v) is 13.4. The molecular formula is C56H83F3N14O18. The van der Waals surface area contributed by atoms with Crippen molar-refractivity contribution in [3.8, 4) is 0 Å². The van der Waals surface area contributed by atoms with E-state index in [0.29, 0.717) is 16.8 Å². The Labute approximate surface area is 521 Å². The third kappa shape index (κ3) is 27.5. The molecule has 0 aliphatic heterocycles. The van der Waals surface area contributed by atoms with Gasteiger partial charge in [-0.1, -0.05) is 90.4 Å². The number of amides is 10. The Kier molecular flexibility index (Phi) is 32.1. The molecular weight excluding hydrogens is 1210 g/mol. The number of anilines is 1. The second-order valence-electron chi connectivity index (χ2n) is 21.8. The van der Waals surface area contributed by atoms with Crippen LogP contribution in [0.25, 0.3) is 0 Å². The molecule has 35 heteroatoms. The highest BCUT2D eigenvalue weighted by molar-refractivity contribution is 5.99. The molecule has 0 heterocycles. The Morgan fingerprint density at radius 1 is 0.615 bits per heavy atom. The fraction of sp³-hybridized carbons (Fsp3) is 0.554. The van der Waals surface area contributed by atoms with Crippen LogP contribution < -0.4 is 70.8 Å². The summed E-state index contributed by atoms with van der Waals surface area (Å²) in [6.07, 6.45) is -12.9. The molecule has 2 unspecified atom stereocenters. The van der Waals surface area contributed by atoms with Crippen LogP contribution in [-0.2, 0) is 75.2 Å². The van der Waals surface area contributed by atoms with Crippen molar-refractivity contribution in [3.63, 3.8) is 0 Å². The monoisotopic (exact) mass is 1300 g/mol. The standard InChI is InChI=1S/C56H83F3N14O18/c1-8-28(6)38(49(83)72-39(29(7)74)48(82)65-23-37(75)70-41(43(77)44(61)78)51(85)68-36(52(86)87)25-90-53(88)56(57,58)59)71-45(79)33(18-13-19-64-54(62)63)66-46(80)34(20-26(2)3)67-50(84)40(42(76)27(4)5)73-47(81)35(22-31-16-12-17-32(60)21-31)69-55(89)91-24-30-14-10-9-11-15-30/h9-12,14-17,21,26-29,33-36,38-43,74,76-77H,8,13,18-20,22-25,60H2,1-7H3,(H2,61,78)(H,65,82)(H,66,80)(H,67,84)(H,68,85)(H,69,89)(H,70,75)(H,71,79)(H,72,83)(H,73,81)(H,86,87)(H4,62,63,64)/t28-,29-,33+,34-,35-,36-,38-,39-,40-,41-,42?,43?/m0/s1. The van der Waals surface area contributed by atoms with Crippen LogP contribution in [0.4, 0.5) is 23.7 Å². The number of primary amides is 1. The van der Waals surface area contributed by atoms with Gasteiger partial charge in [0.1, 0.15) is 55.5 Å². The summed E-state index contributed by atoms with van der Waals surface area (Å²) in [4.78, 5) is 163. The van der Waals surface area contributed by atoms with Gasteiger partial charge in [-0.3, -0.25) is 48.1 Å². The number of hydrogen-bond donors (Lipinski definition) is 17. The van der Waals surface area contributed by atoms with Gasteiger partial charge in [0, 0.05) is 18.7 Å². The number of benzene rings is 2. The van der Waals surface area contributed by atoms with Crippen molar-refractivity contribution in [1.82, 2.24) is 47.9 Å².